The molecular weight excluding hydrogens is 331 g/mol. The van der Waals surface area contributed by atoms with Crippen LogP contribution in [0.5, 0.6) is 0 Å². The van der Waals surface area contributed by atoms with Crippen molar-refractivity contribution < 1.29 is 17.1 Å². The van der Waals surface area contributed by atoms with E-state index in [1.165, 1.54) is 30.6 Å². The summed E-state index contributed by atoms with van der Waals surface area (Å²) in [4.78, 5) is 0. The Bertz CT molecular complexity index is 668. The van der Waals surface area contributed by atoms with Gasteiger partial charge in [-0.2, -0.15) is 0 Å². The van der Waals surface area contributed by atoms with E-state index in [1.54, 1.807) is 0 Å². The maximum absolute atomic E-state index is 2.32. The first-order valence-corrected chi connectivity index (χ1v) is 7.95. The van der Waals surface area contributed by atoms with Gasteiger partial charge in [0, 0.05) is 0 Å². The fourth-order valence-corrected chi connectivity index (χ4v) is 4.60. The second kappa shape index (κ2) is 4.88. The van der Waals surface area contributed by atoms with Crippen molar-refractivity contribution >= 4 is 0 Å². The van der Waals surface area contributed by atoms with Gasteiger partial charge in [0.15, 0.2) is 0 Å². The zero-order valence-electron chi connectivity index (χ0n) is 13.1. The molecule has 0 spiro atoms. The van der Waals surface area contributed by atoms with E-state index in [-0.39, 0.29) is 0 Å². The molecule has 0 saturated carbocycles. The van der Waals surface area contributed by atoms with Gasteiger partial charge in [0.1, 0.15) is 0 Å². The van der Waals surface area contributed by atoms with Crippen LogP contribution in [0.3, 0.4) is 0 Å². The normalized spacial score (nSPS) is 11.6. The molecule has 0 radical (unpaired) electrons. The summed E-state index contributed by atoms with van der Waals surface area (Å²) < 4.78 is 12.1. The van der Waals surface area contributed by atoms with Crippen molar-refractivity contribution in [2.24, 2.45) is 28.2 Å². The van der Waals surface area contributed by atoms with E-state index in [0.717, 1.165) is 0 Å². The van der Waals surface area contributed by atoms with Crippen molar-refractivity contribution in [1.29, 1.82) is 0 Å². The summed E-state index contributed by atoms with van der Waals surface area (Å²) in [7, 11) is 8.66. The third-order valence-corrected chi connectivity index (χ3v) is 7.01. The standard InChI is InChI=1S/2C7H12N2.Pd/c2*1-6-7(2)9(4)5-8(6)3;/h2*1-4H3;. The summed E-state index contributed by atoms with van der Waals surface area (Å²) in [5, 5.41) is 0. The van der Waals surface area contributed by atoms with Crippen molar-refractivity contribution in [1.82, 2.24) is 18.3 Å². The molecule has 0 N–H and O–H groups in total. The molecular formula is C14H24N4Pd. The van der Waals surface area contributed by atoms with Gasteiger partial charge in [0.05, 0.1) is 0 Å². The van der Waals surface area contributed by atoms with Crippen LogP contribution in [0.15, 0.2) is 0 Å². The van der Waals surface area contributed by atoms with Gasteiger partial charge < -0.3 is 0 Å². The zero-order chi connectivity index (χ0) is 14.5. The summed E-state index contributed by atoms with van der Waals surface area (Å²) in [6.45, 7) is 8.76. The summed E-state index contributed by atoms with van der Waals surface area (Å²) in [5.74, 6) is 0. The summed E-state index contributed by atoms with van der Waals surface area (Å²) in [6, 6.07) is 0. The van der Waals surface area contributed by atoms with Gasteiger partial charge in [-0.3, -0.25) is 0 Å². The monoisotopic (exact) mass is 354 g/mol. The minimum atomic E-state index is 0.427. The Morgan fingerprint density at radius 3 is 0.947 bits per heavy atom. The molecule has 2 aromatic rings. The fraction of sp³-hybridized carbons (Fsp3) is 0.571. The van der Waals surface area contributed by atoms with Crippen LogP contribution in [0.2, 0.25) is 0 Å². The molecule has 5 heteroatoms. The molecule has 4 nitrogen and oxygen atoms in total. The van der Waals surface area contributed by atoms with Crippen LogP contribution in [-0.4, -0.2) is 18.3 Å². The van der Waals surface area contributed by atoms with Crippen molar-refractivity contribution in [2.75, 3.05) is 0 Å². The number of rotatable bonds is 0. The number of aromatic nitrogens is 4. The molecule has 2 heterocycles. The van der Waals surface area contributed by atoms with Gasteiger partial charge in [-0.15, -0.1) is 0 Å². The number of hydrogen-bond acceptors (Lipinski definition) is 0. The molecule has 2 rings (SSSR count). The van der Waals surface area contributed by atoms with Crippen molar-refractivity contribution in [3.8, 4) is 0 Å². The predicted octanol–water partition coefficient (Wildman–Crippen LogP) is 2.12. The molecule has 0 aliphatic carbocycles. The Labute approximate surface area is 122 Å². The molecule has 110 valence electrons. The maximum atomic E-state index is 2.32. The van der Waals surface area contributed by atoms with Crippen LogP contribution >= 0.6 is 0 Å². The van der Waals surface area contributed by atoms with Gasteiger partial charge in [0.25, 0.3) is 0 Å². The molecule has 0 atom stereocenters. The van der Waals surface area contributed by atoms with Crippen LogP contribution in [0.25, 0.3) is 0 Å². The molecule has 0 bridgehead atoms. The quantitative estimate of drug-likeness (QED) is 0.646. The Balaban J connectivity index is 3.12. The minimum absolute atomic E-state index is 0.427. The molecule has 0 fully saturated rings. The first kappa shape index (κ1) is 14.5. The Morgan fingerprint density at radius 2 is 0.737 bits per heavy atom. The van der Waals surface area contributed by atoms with E-state index in [1.807, 2.05) is 0 Å². The van der Waals surface area contributed by atoms with Crippen LogP contribution in [0.4, 0.5) is 0 Å². The summed E-state index contributed by atoms with van der Waals surface area (Å²) in [5.41, 5.74) is 5.39. The molecule has 0 aliphatic rings. The van der Waals surface area contributed by atoms with E-state index in [9.17, 15) is 0 Å². The summed E-state index contributed by atoms with van der Waals surface area (Å²) in [6.07, 6.45) is 0. The van der Waals surface area contributed by atoms with Crippen molar-refractivity contribution in [2.45, 2.75) is 27.7 Å². The van der Waals surface area contributed by atoms with Crippen LogP contribution in [0, 0.1) is 35.5 Å². The Morgan fingerprint density at radius 1 is 0.526 bits per heavy atom. The van der Waals surface area contributed by atoms with Gasteiger partial charge in [-0.25, -0.2) is 0 Å². The number of imidazole rings is 2. The molecule has 0 unspecified atom stereocenters. The van der Waals surface area contributed by atoms with E-state index in [0.29, 0.717) is 17.1 Å². The van der Waals surface area contributed by atoms with Crippen LogP contribution in [0.1, 0.15) is 22.8 Å². The molecule has 19 heavy (non-hydrogen) atoms. The molecule has 0 saturated heterocycles. The fourth-order valence-electron chi connectivity index (χ4n) is 2.21. The number of hydrogen-bond donors (Lipinski definition) is 0. The predicted molar refractivity (Wildman–Crippen MR) is 74.2 cm³/mol. The van der Waals surface area contributed by atoms with Gasteiger partial charge in [-0.05, 0) is 0 Å². The van der Waals surface area contributed by atoms with Crippen LogP contribution < -0.4 is 0 Å². The SMILES string of the molecule is Cc1c(C)n(C)[c](=[Pd]=[c]2n(C)c(C)c(C)n2C)n1C. The van der Waals surface area contributed by atoms with E-state index in [4.69, 9.17) is 0 Å². The molecule has 2 aromatic heterocycles. The number of nitrogens with zero attached hydrogens (tertiary/aromatic N) is 4. The first-order valence-electron chi connectivity index (χ1n) is 6.39. The second-order valence-corrected chi connectivity index (χ2v) is 6.92. The van der Waals surface area contributed by atoms with Crippen molar-refractivity contribution in [3.05, 3.63) is 30.6 Å². The Kier molecular flexibility index (Phi) is 3.72. The average Bonchev–Trinajstić information content (AvgIpc) is 2.68. The van der Waals surface area contributed by atoms with Gasteiger partial charge in [0.2, 0.25) is 0 Å². The van der Waals surface area contributed by atoms with E-state index < -0.39 is 0 Å². The zero-order valence-corrected chi connectivity index (χ0v) is 14.7. The average molecular weight is 355 g/mol. The third kappa shape index (κ3) is 2.09. The van der Waals surface area contributed by atoms with E-state index >= 15 is 0 Å². The summed E-state index contributed by atoms with van der Waals surface area (Å²) >= 11 is 0.427. The second-order valence-electron chi connectivity index (χ2n) is 5.14. The first-order chi connectivity index (χ1) is 8.77. The van der Waals surface area contributed by atoms with Crippen LogP contribution in [-0.2, 0) is 45.3 Å². The molecule has 0 aliphatic heterocycles. The Hall–Kier alpha value is -0.918. The topological polar surface area (TPSA) is 19.7 Å². The third-order valence-electron chi connectivity index (χ3n) is 4.23. The van der Waals surface area contributed by atoms with Crippen molar-refractivity contribution in [3.63, 3.8) is 0 Å². The van der Waals surface area contributed by atoms with Gasteiger partial charge >= 0.3 is 122 Å². The molecule has 0 aromatic carbocycles. The van der Waals surface area contributed by atoms with E-state index in [2.05, 4.69) is 74.2 Å². The van der Waals surface area contributed by atoms with Gasteiger partial charge in [-0.1, -0.05) is 0 Å². The molecule has 0 amide bonds.